The van der Waals surface area contributed by atoms with Crippen molar-refractivity contribution in [1.82, 2.24) is 0 Å². The molecule has 2 N–H and O–H groups in total. The Bertz CT molecular complexity index is 375. The number of nitrogens with zero attached hydrogens (tertiary/aromatic N) is 1. The fourth-order valence-corrected chi connectivity index (χ4v) is 4.57. The highest BCUT2D eigenvalue weighted by Gasteiger charge is 2.29. The summed E-state index contributed by atoms with van der Waals surface area (Å²) in [5, 5.41) is 0.118. The van der Waals surface area contributed by atoms with E-state index in [-0.39, 0.29) is 27.8 Å². The van der Waals surface area contributed by atoms with Gasteiger partial charge in [-0.25, -0.2) is 8.42 Å². The van der Waals surface area contributed by atoms with E-state index in [0.29, 0.717) is 12.8 Å². The van der Waals surface area contributed by atoms with Crippen LogP contribution in [0, 0.1) is 0 Å². The predicted molar refractivity (Wildman–Crippen MR) is 61.6 cm³/mol. The average molecular weight is 250 g/mol. The average Bonchev–Trinajstić information content (AvgIpc) is 2.44. The highest BCUT2D eigenvalue weighted by molar-refractivity contribution is 8.15. The van der Waals surface area contributed by atoms with E-state index >= 15 is 0 Å². The van der Waals surface area contributed by atoms with E-state index in [9.17, 15) is 13.2 Å². The molecular formula is C8H14N2O3S2. The molecule has 1 saturated heterocycles. The lowest BCUT2D eigenvalue weighted by atomic mass is 10.4. The Balaban J connectivity index is 2.50. The number of thioether (sulfide) groups is 1. The van der Waals surface area contributed by atoms with Gasteiger partial charge >= 0.3 is 0 Å². The number of carbonyl (C=O) groups is 1. The smallest absolute Gasteiger partial charge is 0.247 e. The molecule has 0 bridgehead atoms. The number of carbonyl (C=O) groups excluding carboxylic acids is 1. The van der Waals surface area contributed by atoms with Crippen LogP contribution in [0.4, 0.5) is 0 Å². The van der Waals surface area contributed by atoms with E-state index in [1.165, 1.54) is 11.8 Å². The molecule has 7 heteroatoms. The molecule has 1 rings (SSSR count). The first-order chi connectivity index (χ1) is 6.93. The molecule has 0 aromatic rings. The van der Waals surface area contributed by atoms with Crippen molar-refractivity contribution in [2.45, 2.75) is 25.0 Å². The fraction of sp³-hybridized carbons (Fsp3) is 0.750. The second-order valence-corrected chi connectivity index (χ2v) is 6.89. The molecule has 0 spiro atoms. The first kappa shape index (κ1) is 12.5. The summed E-state index contributed by atoms with van der Waals surface area (Å²) < 4.78 is 22.3. The normalized spacial score (nSPS) is 25.4. The van der Waals surface area contributed by atoms with Crippen LogP contribution in [-0.2, 0) is 14.6 Å². The lowest BCUT2D eigenvalue weighted by Gasteiger charge is -2.05. The molecular weight excluding hydrogens is 236 g/mol. The van der Waals surface area contributed by atoms with Gasteiger partial charge in [0.2, 0.25) is 5.91 Å². The topological polar surface area (TPSA) is 89.6 Å². The van der Waals surface area contributed by atoms with Gasteiger partial charge < -0.3 is 5.73 Å². The highest BCUT2D eigenvalue weighted by Crippen LogP contribution is 2.24. The Kier molecular flexibility index (Phi) is 4.15. The molecule has 86 valence electrons. The molecule has 1 fully saturated rings. The van der Waals surface area contributed by atoms with Gasteiger partial charge in [0.1, 0.15) is 0 Å². The van der Waals surface area contributed by atoms with Crippen molar-refractivity contribution in [2.24, 2.45) is 10.7 Å². The zero-order valence-corrected chi connectivity index (χ0v) is 10.1. The maximum Gasteiger partial charge on any atom is 0.247 e. The van der Waals surface area contributed by atoms with E-state index in [4.69, 9.17) is 5.73 Å². The first-order valence-electron chi connectivity index (χ1n) is 4.67. The largest absolute Gasteiger partial charge is 0.378 e. The second-order valence-electron chi connectivity index (χ2n) is 3.34. The first-order valence-corrected chi connectivity index (χ1v) is 7.37. The number of sulfone groups is 1. The highest BCUT2D eigenvalue weighted by atomic mass is 32.2. The standard InChI is InChI=1S/C8H14N2O3S2/c1-2-7(11)10-8(9)14-6-3-4-15(12,13)5-6/h6H,2-5H2,1H3,(H2,9,10,11). The van der Waals surface area contributed by atoms with Gasteiger partial charge in [-0.3, -0.25) is 4.79 Å². The number of nitrogens with two attached hydrogens (primary N) is 1. The molecule has 15 heavy (non-hydrogen) atoms. The third-order valence-corrected chi connectivity index (χ3v) is 5.06. The zero-order chi connectivity index (χ0) is 11.5. The van der Waals surface area contributed by atoms with Crippen LogP contribution in [-0.4, -0.2) is 36.2 Å². The van der Waals surface area contributed by atoms with Gasteiger partial charge in [-0.2, -0.15) is 4.99 Å². The van der Waals surface area contributed by atoms with Gasteiger partial charge in [0.05, 0.1) is 11.5 Å². The Morgan fingerprint density at radius 1 is 1.60 bits per heavy atom. The number of hydrogen-bond acceptors (Lipinski definition) is 4. The van der Waals surface area contributed by atoms with Gasteiger partial charge in [0.25, 0.3) is 0 Å². The lowest BCUT2D eigenvalue weighted by molar-refractivity contribution is -0.117. The van der Waals surface area contributed by atoms with Crippen LogP contribution in [0.15, 0.2) is 4.99 Å². The van der Waals surface area contributed by atoms with E-state index in [1.807, 2.05) is 0 Å². The van der Waals surface area contributed by atoms with Crippen LogP contribution in [0.3, 0.4) is 0 Å². The molecule has 0 radical (unpaired) electrons. The van der Waals surface area contributed by atoms with Crippen molar-refractivity contribution in [3.05, 3.63) is 0 Å². The zero-order valence-electron chi connectivity index (χ0n) is 8.47. The summed E-state index contributed by atoms with van der Waals surface area (Å²) >= 11 is 1.18. The van der Waals surface area contributed by atoms with Crippen LogP contribution >= 0.6 is 11.8 Å². The molecule has 0 saturated carbocycles. The molecule has 1 amide bonds. The number of rotatable bonds is 2. The second kappa shape index (κ2) is 4.98. The maximum atomic E-state index is 11.1. The van der Waals surface area contributed by atoms with Gasteiger partial charge in [-0.15, -0.1) is 0 Å². The van der Waals surface area contributed by atoms with Crippen LogP contribution in [0.1, 0.15) is 19.8 Å². The minimum atomic E-state index is -2.89. The van der Waals surface area contributed by atoms with Crippen LogP contribution in [0.25, 0.3) is 0 Å². The number of amides is 1. The summed E-state index contributed by atoms with van der Waals surface area (Å²) in [6.45, 7) is 1.70. The Hall–Kier alpha value is -0.560. The molecule has 1 aliphatic heterocycles. The number of aliphatic imine (C=N–C) groups is 1. The summed E-state index contributed by atoms with van der Waals surface area (Å²) in [4.78, 5) is 14.6. The summed E-state index contributed by atoms with van der Waals surface area (Å²) in [5.41, 5.74) is 5.52. The van der Waals surface area contributed by atoms with E-state index in [0.717, 1.165) is 0 Å². The van der Waals surface area contributed by atoms with Crippen molar-refractivity contribution in [1.29, 1.82) is 0 Å². The van der Waals surface area contributed by atoms with Gasteiger partial charge in [0.15, 0.2) is 15.0 Å². The third-order valence-electron chi connectivity index (χ3n) is 2.02. The van der Waals surface area contributed by atoms with Crippen molar-refractivity contribution >= 4 is 32.7 Å². The summed E-state index contributed by atoms with van der Waals surface area (Å²) in [5.74, 6) is 0.0642. The molecule has 1 unspecified atom stereocenters. The fourth-order valence-electron chi connectivity index (χ4n) is 1.25. The lowest BCUT2D eigenvalue weighted by Crippen LogP contribution is -2.16. The molecule has 1 atom stereocenters. The van der Waals surface area contributed by atoms with E-state index < -0.39 is 9.84 Å². The minimum Gasteiger partial charge on any atom is -0.378 e. The molecule has 1 aliphatic rings. The molecule has 0 aliphatic carbocycles. The van der Waals surface area contributed by atoms with Crippen molar-refractivity contribution in [2.75, 3.05) is 11.5 Å². The number of hydrogen-bond donors (Lipinski definition) is 1. The number of amidine groups is 1. The predicted octanol–water partition coefficient (Wildman–Crippen LogP) is 0.158. The van der Waals surface area contributed by atoms with E-state index in [1.54, 1.807) is 6.92 Å². The van der Waals surface area contributed by atoms with Crippen molar-refractivity contribution in [3.8, 4) is 0 Å². The van der Waals surface area contributed by atoms with E-state index in [2.05, 4.69) is 4.99 Å². The minimum absolute atomic E-state index is 0.0524. The quantitative estimate of drug-likeness (QED) is 0.557. The molecule has 0 aromatic heterocycles. The van der Waals surface area contributed by atoms with Crippen LogP contribution < -0.4 is 5.73 Å². The Labute approximate surface area is 93.4 Å². The molecule has 5 nitrogen and oxygen atoms in total. The summed E-state index contributed by atoms with van der Waals surface area (Å²) in [6, 6.07) is 0. The monoisotopic (exact) mass is 250 g/mol. The molecule has 0 aromatic carbocycles. The van der Waals surface area contributed by atoms with Crippen LogP contribution in [0.5, 0.6) is 0 Å². The van der Waals surface area contributed by atoms with Gasteiger partial charge in [-0.1, -0.05) is 18.7 Å². The third kappa shape index (κ3) is 4.21. The maximum absolute atomic E-state index is 11.1. The van der Waals surface area contributed by atoms with Gasteiger partial charge in [0, 0.05) is 11.7 Å². The Morgan fingerprint density at radius 2 is 2.27 bits per heavy atom. The van der Waals surface area contributed by atoms with Crippen molar-refractivity contribution in [3.63, 3.8) is 0 Å². The van der Waals surface area contributed by atoms with Crippen molar-refractivity contribution < 1.29 is 13.2 Å². The van der Waals surface area contributed by atoms with Gasteiger partial charge in [-0.05, 0) is 6.42 Å². The SMILES string of the molecule is CCC(=O)N=C(N)SC1CCS(=O)(=O)C1. The summed E-state index contributed by atoms with van der Waals surface area (Å²) in [7, 11) is -2.89. The van der Waals surface area contributed by atoms with Crippen LogP contribution in [0.2, 0.25) is 0 Å². The summed E-state index contributed by atoms with van der Waals surface area (Å²) in [6.07, 6.45) is 0.897. The Morgan fingerprint density at radius 3 is 2.73 bits per heavy atom. The molecule has 1 heterocycles.